The fourth-order valence-electron chi connectivity index (χ4n) is 4.75. The number of hydrogen-bond donors (Lipinski definition) is 0. The van der Waals surface area contributed by atoms with Crippen LogP contribution in [0.5, 0.6) is 11.5 Å². The third kappa shape index (κ3) is 7.02. The fraction of sp³-hybridized carbons (Fsp3) is 0.219. The van der Waals surface area contributed by atoms with Crippen LogP contribution in [-0.4, -0.2) is 23.8 Å². The monoisotopic (exact) mass is 840 g/mol. The van der Waals surface area contributed by atoms with Gasteiger partial charge in [-0.3, -0.25) is 9.36 Å². The number of nitrogens with zero attached hydrogens (tertiary/aromatic N) is 2. The van der Waals surface area contributed by atoms with Gasteiger partial charge in [0.25, 0.3) is 5.56 Å². The van der Waals surface area contributed by atoms with Gasteiger partial charge >= 0.3 is 5.97 Å². The lowest BCUT2D eigenvalue weighted by atomic mass is 9.96. The molecule has 11 heteroatoms. The minimum Gasteiger partial charge on any atom is -0.494 e. The van der Waals surface area contributed by atoms with Crippen molar-refractivity contribution in [3.8, 4) is 11.5 Å². The molecule has 222 valence electrons. The van der Waals surface area contributed by atoms with Crippen molar-refractivity contribution < 1.29 is 19.0 Å². The Bertz CT molecular complexity index is 1880. The summed E-state index contributed by atoms with van der Waals surface area (Å²) in [5, 5.41) is 0.664. The Morgan fingerprint density at radius 1 is 1.05 bits per heavy atom. The molecule has 4 aromatic rings. The number of carbonyl (C=O) groups excluding carboxylic acids is 1. The molecule has 0 bridgehead atoms. The quantitative estimate of drug-likeness (QED) is 0.140. The van der Waals surface area contributed by atoms with Crippen molar-refractivity contribution in [3.05, 3.63) is 120 Å². The Morgan fingerprint density at radius 3 is 2.42 bits per heavy atom. The van der Waals surface area contributed by atoms with Crippen molar-refractivity contribution in [2.75, 3.05) is 13.2 Å². The Balaban J connectivity index is 1.54. The molecule has 2 heterocycles. The van der Waals surface area contributed by atoms with Crippen LogP contribution < -0.4 is 24.4 Å². The molecule has 0 aliphatic carbocycles. The third-order valence-electron chi connectivity index (χ3n) is 6.61. The van der Waals surface area contributed by atoms with E-state index in [-0.39, 0.29) is 12.2 Å². The number of halogens is 3. The van der Waals surface area contributed by atoms with Crippen molar-refractivity contribution in [3.63, 3.8) is 0 Å². The van der Waals surface area contributed by atoms with E-state index in [4.69, 9.17) is 25.8 Å². The van der Waals surface area contributed by atoms with Crippen LogP contribution in [0.15, 0.2) is 81.7 Å². The summed E-state index contributed by atoms with van der Waals surface area (Å²) < 4.78 is 21.1. The average molecular weight is 841 g/mol. The first-order valence-corrected chi connectivity index (χ1v) is 16.8. The molecule has 0 unspecified atom stereocenters. The van der Waals surface area contributed by atoms with Gasteiger partial charge in [0.1, 0.15) is 18.1 Å². The van der Waals surface area contributed by atoms with Crippen LogP contribution in [0, 0.1) is 7.14 Å². The molecule has 43 heavy (non-hydrogen) atoms. The SMILES string of the molecule is CCOC(=O)C1=C(C)N=c2s/c(=C\c3cc(I)c(OCc4cccc(Cl)c4)c(I)c3)c(=O)n2[C@@H]1c1ccc(OCC)cc1. The van der Waals surface area contributed by atoms with Gasteiger partial charge in [0, 0.05) is 5.02 Å². The molecular formula is C32H27ClI2N2O5S. The molecule has 1 atom stereocenters. The zero-order valence-corrected chi connectivity index (χ0v) is 29.4. The summed E-state index contributed by atoms with van der Waals surface area (Å²) in [7, 11) is 0. The van der Waals surface area contributed by atoms with E-state index in [9.17, 15) is 9.59 Å². The van der Waals surface area contributed by atoms with E-state index in [1.54, 1.807) is 18.4 Å². The van der Waals surface area contributed by atoms with Crippen LogP contribution in [0.4, 0.5) is 0 Å². The number of rotatable bonds is 9. The molecule has 0 saturated carbocycles. The first-order chi connectivity index (χ1) is 20.7. The number of hydrogen-bond acceptors (Lipinski definition) is 7. The molecule has 0 N–H and O–H groups in total. The summed E-state index contributed by atoms with van der Waals surface area (Å²) in [5.41, 5.74) is 3.23. The highest BCUT2D eigenvalue weighted by Crippen LogP contribution is 2.32. The fourth-order valence-corrected chi connectivity index (χ4v) is 8.14. The summed E-state index contributed by atoms with van der Waals surface area (Å²) in [6, 6.07) is 18.3. The van der Waals surface area contributed by atoms with Crippen LogP contribution in [0.2, 0.25) is 5.02 Å². The summed E-state index contributed by atoms with van der Waals surface area (Å²) >= 11 is 11.9. The molecular weight excluding hydrogens is 814 g/mol. The van der Waals surface area contributed by atoms with Crippen molar-refractivity contribution in [2.24, 2.45) is 4.99 Å². The highest BCUT2D eigenvalue weighted by Gasteiger charge is 2.33. The molecule has 7 nitrogen and oxygen atoms in total. The van der Waals surface area contributed by atoms with E-state index < -0.39 is 12.0 Å². The molecule has 0 amide bonds. The number of fused-ring (bicyclic) bond motifs is 1. The van der Waals surface area contributed by atoms with Gasteiger partial charge in [0.05, 0.1) is 42.2 Å². The van der Waals surface area contributed by atoms with Gasteiger partial charge in [0.2, 0.25) is 0 Å². The lowest BCUT2D eigenvalue weighted by Crippen LogP contribution is -2.39. The largest absolute Gasteiger partial charge is 0.494 e. The molecule has 0 fully saturated rings. The average Bonchev–Trinajstić information content (AvgIpc) is 3.26. The predicted octanol–water partition coefficient (Wildman–Crippen LogP) is 6.64. The number of benzene rings is 3. The van der Waals surface area contributed by atoms with Crippen LogP contribution >= 0.6 is 68.1 Å². The maximum Gasteiger partial charge on any atom is 0.338 e. The minimum absolute atomic E-state index is 0.214. The summed E-state index contributed by atoms with van der Waals surface area (Å²) in [4.78, 5) is 32.3. The topological polar surface area (TPSA) is 79.1 Å². The van der Waals surface area contributed by atoms with E-state index in [0.29, 0.717) is 44.6 Å². The molecule has 5 rings (SSSR count). The van der Waals surface area contributed by atoms with Crippen LogP contribution in [0.1, 0.15) is 43.5 Å². The number of allylic oxidation sites excluding steroid dienone is 1. The first kappa shape index (κ1) is 31.7. The van der Waals surface area contributed by atoms with Gasteiger partial charge in [-0.05, 0) is 125 Å². The first-order valence-electron chi connectivity index (χ1n) is 13.5. The molecule has 0 saturated heterocycles. The van der Waals surface area contributed by atoms with Gasteiger partial charge < -0.3 is 14.2 Å². The summed E-state index contributed by atoms with van der Waals surface area (Å²) in [6.07, 6.45) is 1.85. The maximum atomic E-state index is 14.0. The zero-order chi connectivity index (χ0) is 30.7. The number of aromatic nitrogens is 1. The van der Waals surface area contributed by atoms with E-state index in [1.165, 1.54) is 11.3 Å². The number of thiazole rings is 1. The van der Waals surface area contributed by atoms with Crippen molar-refractivity contribution >= 4 is 80.2 Å². The second-order valence-electron chi connectivity index (χ2n) is 9.54. The highest BCUT2D eigenvalue weighted by atomic mass is 127. The van der Waals surface area contributed by atoms with E-state index >= 15 is 0 Å². The van der Waals surface area contributed by atoms with E-state index in [0.717, 1.165) is 29.6 Å². The van der Waals surface area contributed by atoms with Crippen LogP contribution in [0.3, 0.4) is 0 Å². The van der Waals surface area contributed by atoms with Gasteiger partial charge in [-0.15, -0.1) is 0 Å². The zero-order valence-electron chi connectivity index (χ0n) is 23.5. The maximum absolute atomic E-state index is 14.0. The molecule has 0 spiro atoms. The number of ether oxygens (including phenoxy) is 3. The normalized spacial score (nSPS) is 14.7. The Hall–Kier alpha value is -2.68. The van der Waals surface area contributed by atoms with Crippen LogP contribution in [0.25, 0.3) is 6.08 Å². The Kier molecular flexibility index (Phi) is 10.3. The van der Waals surface area contributed by atoms with Crippen molar-refractivity contribution in [1.29, 1.82) is 0 Å². The smallest absolute Gasteiger partial charge is 0.338 e. The second kappa shape index (κ2) is 14.0. The molecule has 1 aromatic heterocycles. The van der Waals surface area contributed by atoms with Gasteiger partial charge in [-0.1, -0.05) is 47.2 Å². The van der Waals surface area contributed by atoms with Gasteiger partial charge in [0.15, 0.2) is 4.80 Å². The minimum atomic E-state index is -0.685. The van der Waals surface area contributed by atoms with Gasteiger partial charge in [-0.25, -0.2) is 9.79 Å². The van der Waals surface area contributed by atoms with E-state index in [1.807, 2.05) is 73.7 Å². The Labute approximate surface area is 285 Å². The number of carbonyl (C=O) groups is 1. The van der Waals surface area contributed by atoms with E-state index in [2.05, 4.69) is 50.2 Å². The Morgan fingerprint density at radius 2 is 1.77 bits per heavy atom. The molecule has 3 aromatic carbocycles. The lowest BCUT2D eigenvalue weighted by molar-refractivity contribution is -0.139. The predicted molar refractivity (Wildman–Crippen MR) is 186 cm³/mol. The van der Waals surface area contributed by atoms with Crippen molar-refractivity contribution in [2.45, 2.75) is 33.4 Å². The summed E-state index contributed by atoms with van der Waals surface area (Å²) in [6.45, 7) is 6.59. The second-order valence-corrected chi connectivity index (χ2v) is 13.3. The standard InChI is InChI=1S/C32H27ClI2N2O5S/c1-4-40-23-11-9-21(10-12-23)28-27(31(39)41-5-2)18(3)36-32-37(28)30(38)26(43-32)16-20-14-24(34)29(25(35)15-20)42-17-19-7-6-8-22(33)13-19/h6-16,28H,4-5,17H2,1-3H3/b26-16-/t28-/m1/s1. The molecule has 1 aliphatic heterocycles. The number of esters is 1. The summed E-state index contributed by atoms with van der Waals surface area (Å²) in [5.74, 6) is 0.987. The van der Waals surface area contributed by atoms with Crippen LogP contribution in [-0.2, 0) is 16.1 Å². The van der Waals surface area contributed by atoms with Gasteiger partial charge in [-0.2, -0.15) is 0 Å². The lowest BCUT2D eigenvalue weighted by Gasteiger charge is -2.24. The molecule has 1 aliphatic rings. The molecule has 0 radical (unpaired) electrons. The highest BCUT2D eigenvalue weighted by molar-refractivity contribution is 14.1. The van der Waals surface area contributed by atoms with Crippen molar-refractivity contribution in [1.82, 2.24) is 4.57 Å². The third-order valence-corrected chi connectivity index (χ3v) is 9.44.